The topological polar surface area (TPSA) is 92.0 Å². The minimum absolute atomic E-state index is 0.228. The maximum Gasteiger partial charge on any atom is 0.303 e. The number of hydrogen-bond donors (Lipinski definition) is 0. The van der Waals surface area contributed by atoms with Crippen LogP contribution in [0.3, 0.4) is 0 Å². The Balaban J connectivity index is 1.34. The summed E-state index contributed by atoms with van der Waals surface area (Å²) in [7, 11) is 0. The third-order valence-electron chi connectivity index (χ3n) is 9.69. The van der Waals surface area contributed by atoms with Crippen molar-refractivity contribution >= 4 is 33.5 Å². The zero-order chi connectivity index (χ0) is 24.5. The van der Waals surface area contributed by atoms with E-state index in [9.17, 15) is 14.4 Å². The van der Waals surface area contributed by atoms with Crippen LogP contribution < -0.4 is 0 Å². The smallest absolute Gasteiger partial charge is 0.303 e. The quantitative estimate of drug-likeness (QED) is 0.486. The molecule has 1 aromatic rings. The molecule has 0 radical (unpaired) electrons. The van der Waals surface area contributed by atoms with Crippen LogP contribution in [-0.2, 0) is 28.6 Å². The number of carbonyl (C=O) groups excluding carboxylic acids is 3. The normalized spacial score (nSPS) is 41.9. The standard InChI is InChI=1S/C27H31BrO7/c1-14(29)32-13-22(31)27-23(34-25(35-27)21-7-8-24(28)33-21)12-20-19-5-3-15-11-16(30)4-6-17(15)18(19)9-10-26(20,27)2/h7-8,11,17-20,23,25H,3-6,9-10,12-13H2,1-2H3/t17-,18+,19+,20-,23+,25-,26-,27+/m0/s1. The van der Waals surface area contributed by atoms with E-state index >= 15 is 0 Å². The molecule has 0 amide bonds. The highest BCUT2D eigenvalue weighted by Gasteiger charge is 2.74. The van der Waals surface area contributed by atoms with E-state index in [1.165, 1.54) is 12.5 Å². The molecule has 0 N–H and O–H groups in total. The molecule has 1 aromatic heterocycles. The summed E-state index contributed by atoms with van der Waals surface area (Å²) in [6, 6.07) is 3.57. The first-order chi connectivity index (χ1) is 16.7. The van der Waals surface area contributed by atoms with Crippen molar-refractivity contribution in [3.8, 4) is 0 Å². The summed E-state index contributed by atoms with van der Waals surface area (Å²) < 4.78 is 24.5. The molecule has 188 valence electrons. The Labute approximate surface area is 213 Å². The number of ketones is 2. The summed E-state index contributed by atoms with van der Waals surface area (Å²) in [6.45, 7) is 3.17. The minimum atomic E-state index is -1.19. The summed E-state index contributed by atoms with van der Waals surface area (Å²) in [6.07, 6.45) is 6.80. The van der Waals surface area contributed by atoms with Crippen molar-refractivity contribution in [1.29, 1.82) is 0 Å². The highest BCUT2D eigenvalue weighted by Crippen LogP contribution is 2.69. The number of hydrogen-bond acceptors (Lipinski definition) is 7. The molecule has 0 bridgehead atoms. The highest BCUT2D eigenvalue weighted by molar-refractivity contribution is 9.10. The molecule has 1 aliphatic heterocycles. The molecule has 4 fully saturated rings. The number of furan rings is 1. The van der Waals surface area contributed by atoms with Crippen molar-refractivity contribution in [3.63, 3.8) is 0 Å². The third kappa shape index (κ3) is 3.46. The van der Waals surface area contributed by atoms with Crippen LogP contribution in [0, 0.1) is 29.1 Å². The van der Waals surface area contributed by atoms with Crippen LogP contribution in [0.4, 0.5) is 0 Å². The fourth-order valence-electron chi connectivity index (χ4n) is 8.29. The van der Waals surface area contributed by atoms with Crippen LogP contribution in [-0.4, -0.2) is 35.8 Å². The molecule has 8 heteroatoms. The fraction of sp³-hybridized carbons (Fsp3) is 0.667. The van der Waals surface area contributed by atoms with E-state index in [0.29, 0.717) is 34.6 Å². The summed E-state index contributed by atoms with van der Waals surface area (Å²) in [4.78, 5) is 37.4. The number of fused-ring (bicyclic) bond motifs is 7. The van der Waals surface area contributed by atoms with E-state index in [1.54, 1.807) is 12.1 Å². The Bertz CT molecular complexity index is 1110. The van der Waals surface area contributed by atoms with E-state index in [4.69, 9.17) is 18.6 Å². The lowest BCUT2D eigenvalue weighted by Crippen LogP contribution is -2.60. The summed E-state index contributed by atoms with van der Waals surface area (Å²) in [5, 5.41) is 0. The van der Waals surface area contributed by atoms with Crippen LogP contribution >= 0.6 is 15.9 Å². The SMILES string of the molecule is CC(=O)OCC(=O)[C@@]12O[C@@H](c3ccc(Br)o3)O[C@@H]1C[C@H]1[C@@H]3CCC4=CC(=O)CC[C@@H]4[C@H]3CC[C@@]12C. The van der Waals surface area contributed by atoms with Crippen LogP contribution in [0.25, 0.3) is 0 Å². The van der Waals surface area contributed by atoms with Crippen LogP contribution in [0.15, 0.2) is 32.9 Å². The van der Waals surface area contributed by atoms with Crippen LogP contribution in [0.2, 0.25) is 0 Å². The predicted molar refractivity (Wildman–Crippen MR) is 127 cm³/mol. The molecule has 0 spiro atoms. The van der Waals surface area contributed by atoms with Gasteiger partial charge in [-0.2, -0.15) is 0 Å². The fourth-order valence-corrected chi connectivity index (χ4v) is 8.61. The minimum Gasteiger partial charge on any atom is -0.458 e. The number of carbonyl (C=O) groups is 3. The van der Waals surface area contributed by atoms with Crippen LogP contribution in [0.1, 0.15) is 70.8 Å². The lowest BCUT2D eigenvalue weighted by molar-refractivity contribution is -0.190. The lowest BCUT2D eigenvalue weighted by Gasteiger charge is -2.55. The van der Waals surface area contributed by atoms with E-state index in [1.807, 2.05) is 6.08 Å². The molecular weight excluding hydrogens is 516 g/mol. The van der Waals surface area contributed by atoms with Gasteiger partial charge in [-0.3, -0.25) is 14.4 Å². The second-order valence-electron chi connectivity index (χ2n) is 11.2. The van der Waals surface area contributed by atoms with Gasteiger partial charge in [-0.25, -0.2) is 0 Å². The van der Waals surface area contributed by atoms with Gasteiger partial charge in [0.15, 0.2) is 28.4 Å². The summed E-state index contributed by atoms with van der Waals surface area (Å²) in [5.74, 6) is 1.77. The predicted octanol–water partition coefficient (Wildman–Crippen LogP) is 5.08. The van der Waals surface area contributed by atoms with Gasteiger partial charge in [0.2, 0.25) is 12.1 Å². The van der Waals surface area contributed by atoms with Gasteiger partial charge >= 0.3 is 5.97 Å². The van der Waals surface area contributed by atoms with E-state index in [-0.39, 0.29) is 24.1 Å². The number of halogens is 1. The van der Waals surface area contributed by atoms with Crippen molar-refractivity contribution in [2.24, 2.45) is 29.1 Å². The largest absolute Gasteiger partial charge is 0.458 e. The lowest BCUT2D eigenvalue weighted by atomic mass is 9.50. The van der Waals surface area contributed by atoms with Gasteiger partial charge in [0.05, 0.1) is 6.10 Å². The Morgan fingerprint density at radius 1 is 1.17 bits per heavy atom. The third-order valence-corrected chi connectivity index (χ3v) is 10.1. The highest BCUT2D eigenvalue weighted by atomic mass is 79.9. The Morgan fingerprint density at radius 2 is 2.00 bits per heavy atom. The zero-order valence-corrected chi connectivity index (χ0v) is 21.7. The Kier molecular flexibility index (Phi) is 5.66. The van der Waals surface area contributed by atoms with Gasteiger partial charge in [0.1, 0.15) is 0 Å². The van der Waals surface area contributed by atoms with Gasteiger partial charge in [-0.05, 0) is 96.3 Å². The molecule has 2 heterocycles. The first-order valence-electron chi connectivity index (χ1n) is 12.7. The first-order valence-corrected chi connectivity index (χ1v) is 13.5. The average Bonchev–Trinajstić information content (AvgIpc) is 3.49. The number of rotatable bonds is 4. The van der Waals surface area contributed by atoms with E-state index in [0.717, 1.165) is 38.5 Å². The molecule has 8 atom stereocenters. The molecule has 35 heavy (non-hydrogen) atoms. The first kappa shape index (κ1) is 23.6. The Morgan fingerprint density at radius 3 is 2.74 bits per heavy atom. The molecular formula is C27H31BrO7. The maximum absolute atomic E-state index is 13.9. The van der Waals surface area contributed by atoms with Crippen LogP contribution in [0.5, 0.6) is 0 Å². The molecule has 0 aromatic carbocycles. The van der Waals surface area contributed by atoms with Gasteiger partial charge in [0, 0.05) is 18.8 Å². The number of allylic oxidation sites excluding steroid dienone is 1. The monoisotopic (exact) mass is 546 g/mol. The second-order valence-corrected chi connectivity index (χ2v) is 11.9. The maximum atomic E-state index is 13.9. The van der Waals surface area contributed by atoms with Gasteiger partial charge < -0.3 is 18.6 Å². The van der Waals surface area contributed by atoms with E-state index < -0.39 is 29.4 Å². The summed E-state index contributed by atoms with van der Waals surface area (Å²) >= 11 is 3.33. The molecule has 7 nitrogen and oxygen atoms in total. The zero-order valence-electron chi connectivity index (χ0n) is 20.1. The average molecular weight is 547 g/mol. The van der Waals surface area contributed by atoms with Gasteiger partial charge in [-0.1, -0.05) is 12.5 Å². The van der Waals surface area contributed by atoms with Crippen molar-refractivity contribution in [1.82, 2.24) is 0 Å². The molecule has 4 aliphatic carbocycles. The molecule has 5 aliphatic rings. The second kappa shape index (κ2) is 8.38. The van der Waals surface area contributed by atoms with Crippen molar-refractivity contribution < 1.29 is 33.0 Å². The number of ether oxygens (including phenoxy) is 3. The Hall–Kier alpha value is -1.77. The van der Waals surface area contributed by atoms with E-state index in [2.05, 4.69) is 22.9 Å². The molecule has 3 saturated carbocycles. The molecule has 0 unspecified atom stereocenters. The number of esters is 1. The van der Waals surface area contributed by atoms with Crippen molar-refractivity contribution in [2.45, 2.75) is 76.8 Å². The van der Waals surface area contributed by atoms with Gasteiger partial charge in [0.25, 0.3) is 0 Å². The van der Waals surface area contributed by atoms with Crippen molar-refractivity contribution in [2.75, 3.05) is 6.61 Å². The number of Topliss-reactive ketones (excluding diaryl/α,β-unsaturated/α-hetero) is 1. The van der Waals surface area contributed by atoms with Gasteiger partial charge in [-0.15, -0.1) is 0 Å². The molecule has 6 rings (SSSR count). The molecule has 1 saturated heterocycles. The summed E-state index contributed by atoms with van der Waals surface area (Å²) in [5.41, 5.74) is -0.304. The van der Waals surface area contributed by atoms with Crippen molar-refractivity contribution in [3.05, 3.63) is 34.2 Å².